The summed E-state index contributed by atoms with van der Waals surface area (Å²) in [5.74, 6) is 1.13. The van der Waals surface area contributed by atoms with Gasteiger partial charge in [-0.2, -0.15) is 5.10 Å². The first-order valence-corrected chi connectivity index (χ1v) is 9.22. The fourth-order valence-electron chi connectivity index (χ4n) is 3.54. The molecule has 4 rings (SSSR count). The highest BCUT2D eigenvalue weighted by atomic mass is 16.4. The second-order valence-corrected chi connectivity index (χ2v) is 6.86. The number of nitrogens with zero attached hydrogens (tertiary/aromatic N) is 3. The molecule has 140 valence electrons. The number of nitrogens with one attached hydrogen (secondary N) is 2. The first-order chi connectivity index (χ1) is 13.2. The maximum absolute atomic E-state index is 13.2. The molecule has 0 saturated carbocycles. The SMILES string of the molecule is CC(NC(=O)C1(n2cccn2)CCNCC1)c1ncc(-c2ccccc2)o1. The van der Waals surface area contributed by atoms with Crippen molar-refractivity contribution in [1.29, 1.82) is 0 Å². The van der Waals surface area contributed by atoms with Crippen LogP contribution in [0.5, 0.6) is 0 Å². The lowest BCUT2D eigenvalue weighted by molar-refractivity contribution is -0.132. The van der Waals surface area contributed by atoms with Crippen LogP contribution in [0.25, 0.3) is 11.3 Å². The number of aromatic nitrogens is 3. The number of carbonyl (C=O) groups is 1. The van der Waals surface area contributed by atoms with Crippen LogP contribution in [0, 0.1) is 0 Å². The zero-order valence-corrected chi connectivity index (χ0v) is 15.3. The van der Waals surface area contributed by atoms with Gasteiger partial charge in [0.2, 0.25) is 11.8 Å². The van der Waals surface area contributed by atoms with Gasteiger partial charge in [-0.15, -0.1) is 0 Å². The van der Waals surface area contributed by atoms with Gasteiger partial charge >= 0.3 is 0 Å². The second-order valence-electron chi connectivity index (χ2n) is 6.86. The van der Waals surface area contributed by atoms with Crippen molar-refractivity contribution in [2.75, 3.05) is 13.1 Å². The number of carbonyl (C=O) groups excluding carboxylic acids is 1. The summed E-state index contributed by atoms with van der Waals surface area (Å²) < 4.78 is 7.66. The van der Waals surface area contributed by atoms with Crippen molar-refractivity contribution < 1.29 is 9.21 Å². The molecule has 1 aliphatic rings. The molecular formula is C20H23N5O2. The van der Waals surface area contributed by atoms with Gasteiger partial charge in [-0.1, -0.05) is 30.3 Å². The zero-order chi connectivity index (χ0) is 18.7. The van der Waals surface area contributed by atoms with Gasteiger partial charge in [0.15, 0.2) is 5.76 Å². The molecule has 1 fully saturated rings. The number of oxazole rings is 1. The van der Waals surface area contributed by atoms with Crippen LogP contribution in [0.1, 0.15) is 31.7 Å². The van der Waals surface area contributed by atoms with Gasteiger partial charge in [0.05, 0.1) is 6.20 Å². The third-order valence-electron chi connectivity index (χ3n) is 5.10. The molecule has 3 heterocycles. The van der Waals surface area contributed by atoms with E-state index in [0.29, 0.717) is 24.5 Å². The predicted octanol–water partition coefficient (Wildman–Crippen LogP) is 2.49. The van der Waals surface area contributed by atoms with Crippen molar-refractivity contribution in [3.63, 3.8) is 0 Å². The number of hydrogen-bond acceptors (Lipinski definition) is 5. The van der Waals surface area contributed by atoms with E-state index in [1.54, 1.807) is 17.1 Å². The molecule has 1 unspecified atom stereocenters. The summed E-state index contributed by atoms with van der Waals surface area (Å²) in [6, 6.07) is 11.3. The molecule has 2 aromatic heterocycles. The van der Waals surface area contributed by atoms with Crippen LogP contribution in [-0.4, -0.2) is 33.8 Å². The summed E-state index contributed by atoms with van der Waals surface area (Å²) in [4.78, 5) is 17.6. The monoisotopic (exact) mass is 365 g/mol. The molecule has 0 aliphatic carbocycles. The number of piperidine rings is 1. The normalized spacial score (nSPS) is 17.4. The number of benzene rings is 1. The summed E-state index contributed by atoms with van der Waals surface area (Å²) >= 11 is 0. The van der Waals surface area contributed by atoms with Crippen LogP contribution >= 0.6 is 0 Å². The van der Waals surface area contributed by atoms with E-state index < -0.39 is 5.54 Å². The predicted molar refractivity (Wildman–Crippen MR) is 101 cm³/mol. The van der Waals surface area contributed by atoms with E-state index in [-0.39, 0.29) is 11.9 Å². The van der Waals surface area contributed by atoms with E-state index in [1.165, 1.54) is 0 Å². The quantitative estimate of drug-likeness (QED) is 0.726. The number of amides is 1. The molecular weight excluding hydrogens is 342 g/mol. The zero-order valence-electron chi connectivity index (χ0n) is 15.3. The van der Waals surface area contributed by atoms with Gasteiger partial charge in [-0.05, 0) is 38.9 Å². The third kappa shape index (κ3) is 3.38. The van der Waals surface area contributed by atoms with E-state index in [1.807, 2.05) is 49.5 Å². The molecule has 2 N–H and O–H groups in total. The molecule has 27 heavy (non-hydrogen) atoms. The molecule has 1 aliphatic heterocycles. The second kappa shape index (κ2) is 7.36. The van der Waals surface area contributed by atoms with Crippen molar-refractivity contribution in [3.05, 3.63) is 60.9 Å². The summed E-state index contributed by atoms with van der Waals surface area (Å²) in [5, 5.41) is 10.7. The van der Waals surface area contributed by atoms with Crippen molar-refractivity contribution >= 4 is 5.91 Å². The summed E-state index contributed by atoms with van der Waals surface area (Å²) in [5.41, 5.74) is 0.277. The lowest BCUT2D eigenvalue weighted by Gasteiger charge is -2.37. The molecule has 7 heteroatoms. The standard InChI is InChI=1S/C20H23N5O2/c1-15(18-22-14-17(27-18)16-6-3-2-4-7-16)24-19(26)20(8-11-21-12-9-20)25-13-5-10-23-25/h2-7,10,13-15,21H,8-9,11-12H2,1H3,(H,24,26). The molecule has 1 amide bonds. The van der Waals surface area contributed by atoms with Crippen molar-refractivity contribution in [2.24, 2.45) is 0 Å². The molecule has 0 radical (unpaired) electrons. The Balaban J connectivity index is 1.52. The van der Waals surface area contributed by atoms with E-state index in [2.05, 4.69) is 20.7 Å². The topological polar surface area (TPSA) is 85.0 Å². The minimum absolute atomic E-state index is 0.0559. The molecule has 0 spiro atoms. The van der Waals surface area contributed by atoms with Gasteiger partial charge in [-0.25, -0.2) is 4.98 Å². The highest BCUT2D eigenvalue weighted by Gasteiger charge is 2.42. The molecule has 7 nitrogen and oxygen atoms in total. The van der Waals surface area contributed by atoms with Gasteiger partial charge in [0, 0.05) is 18.0 Å². The van der Waals surface area contributed by atoms with E-state index in [9.17, 15) is 4.79 Å². The molecule has 3 aromatic rings. The highest BCUT2D eigenvalue weighted by molar-refractivity contribution is 5.84. The highest BCUT2D eigenvalue weighted by Crippen LogP contribution is 2.29. The fraction of sp³-hybridized carbons (Fsp3) is 0.350. The Morgan fingerprint density at radius 3 is 2.74 bits per heavy atom. The smallest absolute Gasteiger partial charge is 0.248 e. The van der Waals surface area contributed by atoms with Crippen molar-refractivity contribution in [3.8, 4) is 11.3 Å². The first kappa shape index (κ1) is 17.5. The van der Waals surface area contributed by atoms with Gasteiger partial charge in [0.25, 0.3) is 0 Å². The first-order valence-electron chi connectivity index (χ1n) is 9.22. The maximum atomic E-state index is 13.2. The maximum Gasteiger partial charge on any atom is 0.248 e. The van der Waals surface area contributed by atoms with Gasteiger partial charge < -0.3 is 15.1 Å². The van der Waals surface area contributed by atoms with Crippen LogP contribution in [0.3, 0.4) is 0 Å². The Morgan fingerprint density at radius 1 is 1.26 bits per heavy atom. The molecule has 1 saturated heterocycles. The Labute approximate surface area is 157 Å². The summed E-state index contributed by atoms with van der Waals surface area (Å²) in [7, 11) is 0. The summed E-state index contributed by atoms with van der Waals surface area (Å²) in [6.45, 7) is 3.44. The van der Waals surface area contributed by atoms with Gasteiger partial charge in [-0.3, -0.25) is 9.48 Å². The molecule has 1 atom stereocenters. The minimum atomic E-state index is -0.683. The summed E-state index contributed by atoms with van der Waals surface area (Å²) in [6.07, 6.45) is 6.64. The largest absolute Gasteiger partial charge is 0.438 e. The number of hydrogen-bond donors (Lipinski definition) is 2. The van der Waals surface area contributed by atoms with Crippen LogP contribution in [0.4, 0.5) is 0 Å². The lowest BCUT2D eigenvalue weighted by atomic mass is 9.87. The van der Waals surface area contributed by atoms with Crippen LogP contribution in [0.2, 0.25) is 0 Å². The lowest BCUT2D eigenvalue weighted by Crippen LogP contribution is -2.55. The van der Waals surface area contributed by atoms with Crippen LogP contribution in [0.15, 0.2) is 59.4 Å². The molecule has 0 bridgehead atoms. The fourth-order valence-corrected chi connectivity index (χ4v) is 3.54. The average Bonchev–Trinajstić information content (AvgIpc) is 3.41. The Kier molecular flexibility index (Phi) is 4.77. The van der Waals surface area contributed by atoms with Crippen LogP contribution in [-0.2, 0) is 10.3 Å². The third-order valence-corrected chi connectivity index (χ3v) is 5.10. The Hall–Kier alpha value is -2.93. The minimum Gasteiger partial charge on any atom is -0.438 e. The Bertz CT molecular complexity index is 882. The van der Waals surface area contributed by atoms with Crippen LogP contribution < -0.4 is 10.6 Å². The Morgan fingerprint density at radius 2 is 2.04 bits per heavy atom. The van der Waals surface area contributed by atoms with Gasteiger partial charge in [0.1, 0.15) is 11.6 Å². The van der Waals surface area contributed by atoms with E-state index in [4.69, 9.17) is 4.42 Å². The van der Waals surface area contributed by atoms with E-state index in [0.717, 1.165) is 18.7 Å². The van der Waals surface area contributed by atoms with E-state index >= 15 is 0 Å². The van der Waals surface area contributed by atoms with Crippen molar-refractivity contribution in [1.82, 2.24) is 25.4 Å². The number of rotatable bonds is 5. The van der Waals surface area contributed by atoms with Crippen molar-refractivity contribution in [2.45, 2.75) is 31.3 Å². The average molecular weight is 365 g/mol. The molecule has 1 aromatic carbocycles.